The van der Waals surface area contributed by atoms with Crippen LogP contribution in [0.2, 0.25) is 0 Å². The summed E-state index contributed by atoms with van der Waals surface area (Å²) in [6.45, 7) is 2.92. The fraction of sp³-hybridized carbons (Fsp3) is 0.375. The molecule has 1 aliphatic rings. The Kier molecular flexibility index (Phi) is 6.09. The van der Waals surface area contributed by atoms with Gasteiger partial charge in [0.2, 0.25) is 15.9 Å². The summed E-state index contributed by atoms with van der Waals surface area (Å²) in [4.78, 5) is 16.8. The van der Waals surface area contributed by atoms with Crippen molar-refractivity contribution >= 4 is 21.1 Å². The summed E-state index contributed by atoms with van der Waals surface area (Å²) in [5, 5.41) is 3.87. The lowest BCUT2D eigenvalue weighted by molar-refractivity contribution is 0.273. The maximum absolute atomic E-state index is 13.3. The molecule has 34 heavy (non-hydrogen) atoms. The van der Waals surface area contributed by atoms with Crippen molar-refractivity contribution in [3.8, 4) is 0 Å². The third-order valence-electron chi connectivity index (χ3n) is 6.33. The number of nitrogens with zero attached hydrogens (tertiary/aromatic N) is 4. The van der Waals surface area contributed by atoms with Crippen molar-refractivity contribution in [3.05, 3.63) is 76.4 Å². The van der Waals surface area contributed by atoms with Crippen LogP contribution in [-0.4, -0.2) is 40.5 Å². The van der Waals surface area contributed by atoms with Gasteiger partial charge in [-0.15, -0.1) is 0 Å². The summed E-state index contributed by atoms with van der Waals surface area (Å²) in [5.41, 5.74) is 1.97. The van der Waals surface area contributed by atoms with Crippen LogP contribution in [0.15, 0.2) is 67.2 Å². The van der Waals surface area contributed by atoms with E-state index in [1.807, 2.05) is 25.1 Å². The number of benzene rings is 2. The Morgan fingerprint density at radius 1 is 1.09 bits per heavy atom. The first-order valence-electron chi connectivity index (χ1n) is 11.4. The van der Waals surface area contributed by atoms with Crippen LogP contribution >= 0.6 is 0 Å². The molecule has 4 aromatic rings. The molecule has 0 atom stereocenters. The van der Waals surface area contributed by atoms with E-state index < -0.39 is 15.8 Å². The second kappa shape index (κ2) is 9.19. The second-order valence-electron chi connectivity index (χ2n) is 8.58. The quantitative estimate of drug-likeness (QED) is 0.398. The van der Waals surface area contributed by atoms with E-state index in [-0.39, 0.29) is 17.0 Å². The molecule has 0 bridgehead atoms. The zero-order chi connectivity index (χ0) is 23.7. The lowest BCUT2D eigenvalue weighted by Crippen LogP contribution is -2.38. The topological polar surface area (TPSA) is 111 Å². The Bertz CT molecular complexity index is 1450. The minimum absolute atomic E-state index is 0.0797. The molecular weight excluding hydrogens is 456 g/mol. The molecule has 1 fully saturated rings. The van der Waals surface area contributed by atoms with Crippen LogP contribution in [0.1, 0.15) is 37.0 Å². The van der Waals surface area contributed by atoms with Gasteiger partial charge >= 0.3 is 5.76 Å². The van der Waals surface area contributed by atoms with Crippen LogP contribution in [0.25, 0.3) is 11.1 Å². The number of rotatable bonds is 7. The van der Waals surface area contributed by atoms with E-state index >= 15 is 0 Å². The fourth-order valence-electron chi connectivity index (χ4n) is 4.45. The van der Waals surface area contributed by atoms with Crippen LogP contribution in [0.3, 0.4) is 0 Å². The van der Waals surface area contributed by atoms with Gasteiger partial charge in [-0.25, -0.2) is 13.2 Å². The van der Waals surface area contributed by atoms with Crippen LogP contribution < -0.4 is 5.76 Å². The van der Waals surface area contributed by atoms with Gasteiger partial charge in [0.1, 0.15) is 0 Å². The van der Waals surface area contributed by atoms with E-state index in [0.29, 0.717) is 42.7 Å². The summed E-state index contributed by atoms with van der Waals surface area (Å²) in [6, 6.07) is 14.8. The molecule has 10 heteroatoms. The van der Waals surface area contributed by atoms with Gasteiger partial charge in [-0.2, -0.15) is 9.29 Å². The van der Waals surface area contributed by atoms with Gasteiger partial charge in [0, 0.05) is 25.6 Å². The summed E-state index contributed by atoms with van der Waals surface area (Å²) in [5.74, 6) is 0.698. The molecule has 178 valence electrons. The number of sulfonamides is 1. The van der Waals surface area contributed by atoms with Gasteiger partial charge in [-0.3, -0.25) is 4.57 Å². The largest absolute Gasteiger partial charge is 0.420 e. The highest BCUT2D eigenvalue weighted by Gasteiger charge is 2.30. The summed E-state index contributed by atoms with van der Waals surface area (Å²) >= 11 is 0. The Morgan fingerprint density at radius 2 is 1.85 bits per heavy atom. The number of hydrogen-bond donors (Lipinski definition) is 0. The molecule has 2 aromatic carbocycles. The molecule has 1 saturated heterocycles. The molecular formula is C24H26N4O5S. The molecule has 0 spiro atoms. The van der Waals surface area contributed by atoms with Gasteiger partial charge in [-0.1, -0.05) is 42.4 Å². The molecule has 3 heterocycles. The molecule has 0 unspecified atom stereocenters. The van der Waals surface area contributed by atoms with E-state index in [9.17, 15) is 13.2 Å². The molecule has 0 N–H and O–H groups in total. The fourth-order valence-corrected chi connectivity index (χ4v) is 5.93. The maximum Gasteiger partial charge on any atom is 0.420 e. The predicted molar refractivity (Wildman–Crippen MR) is 125 cm³/mol. The molecule has 0 radical (unpaired) electrons. The number of hydrogen-bond acceptors (Lipinski definition) is 7. The average Bonchev–Trinajstić information content (AvgIpc) is 3.43. The average molecular weight is 483 g/mol. The summed E-state index contributed by atoms with van der Waals surface area (Å²) in [6.07, 6.45) is 3.18. The molecule has 2 aromatic heterocycles. The summed E-state index contributed by atoms with van der Waals surface area (Å²) in [7, 11) is -3.69. The van der Waals surface area contributed by atoms with E-state index in [1.54, 1.807) is 6.07 Å². The van der Waals surface area contributed by atoms with Crippen molar-refractivity contribution in [2.75, 3.05) is 13.1 Å². The highest BCUT2D eigenvalue weighted by Crippen LogP contribution is 2.28. The molecule has 0 saturated carbocycles. The lowest BCUT2D eigenvalue weighted by Gasteiger charge is -2.31. The Balaban J connectivity index is 1.32. The van der Waals surface area contributed by atoms with E-state index in [1.165, 1.54) is 26.6 Å². The van der Waals surface area contributed by atoms with Crippen molar-refractivity contribution in [1.29, 1.82) is 0 Å². The van der Waals surface area contributed by atoms with Gasteiger partial charge in [0.25, 0.3) is 0 Å². The van der Waals surface area contributed by atoms with Crippen molar-refractivity contribution in [2.24, 2.45) is 5.92 Å². The zero-order valence-corrected chi connectivity index (χ0v) is 19.7. The molecule has 0 amide bonds. The highest BCUT2D eigenvalue weighted by atomic mass is 32.2. The maximum atomic E-state index is 13.3. The first kappa shape index (κ1) is 22.5. The number of aryl methyl sites for hydroxylation is 1. The minimum atomic E-state index is -3.69. The zero-order valence-electron chi connectivity index (χ0n) is 18.9. The van der Waals surface area contributed by atoms with E-state index in [4.69, 9.17) is 8.94 Å². The molecule has 9 nitrogen and oxygen atoms in total. The smallest absolute Gasteiger partial charge is 0.408 e. The first-order chi connectivity index (χ1) is 16.4. The summed E-state index contributed by atoms with van der Waals surface area (Å²) < 4.78 is 39.9. The Morgan fingerprint density at radius 3 is 2.56 bits per heavy atom. The van der Waals surface area contributed by atoms with Gasteiger partial charge in [0.15, 0.2) is 11.4 Å². The predicted octanol–water partition coefficient (Wildman–Crippen LogP) is 3.23. The Labute approximate surface area is 197 Å². The highest BCUT2D eigenvalue weighted by molar-refractivity contribution is 7.89. The van der Waals surface area contributed by atoms with Gasteiger partial charge in [-0.05, 0) is 42.9 Å². The number of aromatic nitrogens is 3. The van der Waals surface area contributed by atoms with Crippen molar-refractivity contribution in [3.63, 3.8) is 0 Å². The van der Waals surface area contributed by atoms with E-state index in [0.717, 1.165) is 19.3 Å². The number of oxazole rings is 1. The van der Waals surface area contributed by atoms with Gasteiger partial charge < -0.3 is 8.94 Å². The number of fused-ring (bicyclic) bond motifs is 1. The molecule has 1 aliphatic heterocycles. The van der Waals surface area contributed by atoms with Crippen LogP contribution in [0.5, 0.6) is 0 Å². The lowest BCUT2D eigenvalue weighted by atomic mass is 9.91. The van der Waals surface area contributed by atoms with Crippen LogP contribution in [-0.2, 0) is 29.4 Å². The molecule has 5 rings (SSSR count). The Hall–Kier alpha value is -3.24. The van der Waals surface area contributed by atoms with Crippen molar-refractivity contribution in [2.45, 2.75) is 44.0 Å². The van der Waals surface area contributed by atoms with Crippen molar-refractivity contribution < 1.29 is 17.4 Å². The van der Waals surface area contributed by atoms with Crippen molar-refractivity contribution in [1.82, 2.24) is 19.0 Å². The normalized spacial score (nSPS) is 15.8. The SMILES string of the molecule is CCc1nc(Cn2c(=O)oc3cc(S(=O)(=O)N4CCC(Cc5ccccc5)CC4)ccc32)no1. The van der Waals surface area contributed by atoms with Gasteiger partial charge in [0.05, 0.1) is 17.0 Å². The third-order valence-corrected chi connectivity index (χ3v) is 8.22. The van der Waals surface area contributed by atoms with E-state index in [2.05, 4.69) is 22.3 Å². The third kappa shape index (κ3) is 4.43. The van der Waals surface area contributed by atoms with Crippen LogP contribution in [0, 0.1) is 5.92 Å². The minimum Gasteiger partial charge on any atom is -0.408 e. The standard InChI is InChI=1S/C24H26N4O5S/c1-2-23-25-22(26-33-23)16-28-20-9-8-19(15-21(20)32-24(28)29)34(30,31)27-12-10-18(11-13-27)14-17-6-4-3-5-7-17/h3-9,15,18H,2,10-14,16H2,1H3. The molecule has 0 aliphatic carbocycles. The van der Waals surface area contributed by atoms with Crippen LogP contribution in [0.4, 0.5) is 0 Å². The second-order valence-corrected chi connectivity index (χ2v) is 10.5. The first-order valence-corrected chi connectivity index (χ1v) is 12.9. The number of piperidine rings is 1. The monoisotopic (exact) mass is 482 g/mol.